The molecule has 1 aliphatic rings. The molecular formula is C8H12ClRh. The molecular weight excluding hydrogens is 234 g/mol. The Kier molecular flexibility index (Phi) is 6.37. The summed E-state index contributed by atoms with van der Waals surface area (Å²) < 4.78 is 1.41. The first kappa shape index (κ1) is 10.4. The van der Waals surface area contributed by atoms with Crippen LogP contribution in [0, 0.1) is 0 Å². The normalized spacial score (nSPS) is 18.4. The molecule has 0 heterocycles. The van der Waals surface area contributed by atoms with Crippen LogP contribution in [-0.2, 0) is 18.3 Å². The van der Waals surface area contributed by atoms with Crippen molar-refractivity contribution in [3.8, 4) is 0 Å². The van der Waals surface area contributed by atoms with Gasteiger partial charge in [-0.3, -0.25) is 0 Å². The molecule has 60 valence electrons. The van der Waals surface area contributed by atoms with E-state index in [1.165, 1.54) is 29.9 Å². The Morgan fingerprint density at radius 1 is 1.30 bits per heavy atom. The molecule has 0 atom stereocenters. The summed E-state index contributed by atoms with van der Waals surface area (Å²) in [6.45, 7) is 0. The van der Waals surface area contributed by atoms with Crippen LogP contribution in [0.25, 0.3) is 0 Å². The summed E-state index contributed by atoms with van der Waals surface area (Å²) in [5, 5.41) is 0. The van der Waals surface area contributed by atoms with Gasteiger partial charge >= 0.3 is 66.4 Å². The summed E-state index contributed by atoms with van der Waals surface area (Å²) in [6, 6.07) is 0. The summed E-state index contributed by atoms with van der Waals surface area (Å²) in [4.78, 5) is 0. The van der Waals surface area contributed by atoms with E-state index in [2.05, 4.69) is 36.5 Å². The van der Waals surface area contributed by atoms with E-state index in [0.717, 1.165) is 0 Å². The average Bonchev–Trinajstić information content (AvgIpc) is 1.79. The molecule has 0 bridgehead atoms. The number of allylic oxidation sites excluding steroid dienone is 4. The maximum absolute atomic E-state index is 2.95. The molecule has 0 aliphatic heterocycles. The third kappa shape index (κ3) is 4.25. The van der Waals surface area contributed by atoms with Crippen LogP contribution in [0.3, 0.4) is 0 Å². The van der Waals surface area contributed by atoms with Crippen molar-refractivity contribution in [2.75, 3.05) is 0 Å². The molecule has 0 saturated carbocycles. The van der Waals surface area contributed by atoms with Gasteiger partial charge in [-0.2, -0.15) is 0 Å². The fraction of sp³-hybridized carbons (Fsp3) is 0.500. The van der Waals surface area contributed by atoms with Gasteiger partial charge in [-0.1, -0.05) is 0 Å². The SMILES string of the molecule is Cl.[Rh][C]1=CC=CCCCC1. The molecule has 0 aromatic carbocycles. The van der Waals surface area contributed by atoms with Crippen LogP contribution in [0.4, 0.5) is 0 Å². The first-order chi connectivity index (χ1) is 4.39. The van der Waals surface area contributed by atoms with Crippen molar-refractivity contribution in [2.24, 2.45) is 0 Å². The number of halogens is 1. The third-order valence-electron chi connectivity index (χ3n) is 1.43. The molecule has 0 saturated heterocycles. The van der Waals surface area contributed by atoms with E-state index in [1.54, 1.807) is 0 Å². The van der Waals surface area contributed by atoms with Gasteiger partial charge in [0.2, 0.25) is 0 Å². The first-order valence-corrected chi connectivity index (χ1v) is 4.20. The van der Waals surface area contributed by atoms with Crippen LogP contribution < -0.4 is 0 Å². The Morgan fingerprint density at radius 2 is 2.10 bits per heavy atom. The molecule has 0 unspecified atom stereocenters. The predicted molar refractivity (Wildman–Crippen MR) is 42.9 cm³/mol. The van der Waals surface area contributed by atoms with Crippen LogP contribution in [0.15, 0.2) is 22.4 Å². The quantitative estimate of drug-likeness (QED) is 0.577. The summed E-state index contributed by atoms with van der Waals surface area (Å²) in [6.07, 6.45) is 11.7. The van der Waals surface area contributed by atoms with Gasteiger partial charge < -0.3 is 0 Å². The van der Waals surface area contributed by atoms with Crippen molar-refractivity contribution < 1.29 is 18.3 Å². The molecule has 0 aromatic heterocycles. The van der Waals surface area contributed by atoms with E-state index in [-0.39, 0.29) is 12.4 Å². The molecule has 0 radical (unpaired) electrons. The van der Waals surface area contributed by atoms with Crippen LogP contribution in [0.5, 0.6) is 0 Å². The first-order valence-electron chi connectivity index (χ1n) is 3.38. The van der Waals surface area contributed by atoms with Crippen LogP contribution in [0.1, 0.15) is 25.7 Å². The monoisotopic (exact) mass is 246 g/mol. The zero-order valence-electron chi connectivity index (χ0n) is 5.80. The molecule has 0 N–H and O–H groups in total. The van der Waals surface area contributed by atoms with Crippen molar-refractivity contribution in [2.45, 2.75) is 25.7 Å². The zero-order chi connectivity index (χ0) is 6.53. The predicted octanol–water partition coefficient (Wildman–Crippen LogP) is 2.97. The Morgan fingerprint density at radius 3 is 2.90 bits per heavy atom. The Bertz CT molecular complexity index is 138. The summed E-state index contributed by atoms with van der Waals surface area (Å²) in [5.41, 5.74) is 0. The van der Waals surface area contributed by atoms with Gasteiger partial charge in [-0.15, -0.1) is 12.4 Å². The number of hydrogen-bond donors (Lipinski definition) is 0. The van der Waals surface area contributed by atoms with E-state index in [4.69, 9.17) is 0 Å². The maximum atomic E-state index is 2.95. The second-order valence-corrected chi connectivity index (χ2v) is 3.31. The Hall–Kier alpha value is 0.393. The van der Waals surface area contributed by atoms with Gasteiger partial charge in [0.1, 0.15) is 0 Å². The van der Waals surface area contributed by atoms with Crippen molar-refractivity contribution in [3.63, 3.8) is 0 Å². The molecule has 2 heteroatoms. The second-order valence-electron chi connectivity index (χ2n) is 2.26. The van der Waals surface area contributed by atoms with E-state index in [1.807, 2.05) is 0 Å². The molecule has 0 spiro atoms. The van der Waals surface area contributed by atoms with Crippen LogP contribution >= 0.6 is 12.4 Å². The fourth-order valence-corrected chi connectivity index (χ4v) is 1.34. The summed E-state index contributed by atoms with van der Waals surface area (Å²) in [5.74, 6) is 0. The van der Waals surface area contributed by atoms with Crippen molar-refractivity contribution in [3.05, 3.63) is 22.4 Å². The number of rotatable bonds is 0. The minimum atomic E-state index is 0. The van der Waals surface area contributed by atoms with Gasteiger partial charge in [0.25, 0.3) is 0 Å². The van der Waals surface area contributed by atoms with Crippen LogP contribution in [0.2, 0.25) is 0 Å². The molecule has 1 rings (SSSR count). The van der Waals surface area contributed by atoms with Gasteiger partial charge in [-0.05, 0) is 0 Å². The molecule has 0 nitrogen and oxygen atoms in total. The molecule has 10 heavy (non-hydrogen) atoms. The summed E-state index contributed by atoms with van der Waals surface area (Å²) in [7, 11) is 0. The van der Waals surface area contributed by atoms with E-state index >= 15 is 0 Å². The Balaban J connectivity index is 0.000000810. The molecule has 0 aromatic rings. The van der Waals surface area contributed by atoms with Gasteiger partial charge in [0, 0.05) is 0 Å². The van der Waals surface area contributed by atoms with Crippen LogP contribution in [-0.4, -0.2) is 0 Å². The van der Waals surface area contributed by atoms with E-state index in [0.29, 0.717) is 0 Å². The van der Waals surface area contributed by atoms with Gasteiger partial charge in [-0.25, -0.2) is 0 Å². The third-order valence-corrected chi connectivity index (χ3v) is 2.11. The molecule has 1 aliphatic carbocycles. The standard InChI is InChI=1S/C8H11.ClH.Rh/c1-2-4-6-8-7-5-3-1;;/h1-3H,4,6-8H2;1H;. The topological polar surface area (TPSA) is 0 Å². The zero-order valence-corrected chi connectivity index (χ0v) is 8.26. The van der Waals surface area contributed by atoms with Crippen molar-refractivity contribution >= 4 is 12.4 Å². The average molecular weight is 247 g/mol. The van der Waals surface area contributed by atoms with Crippen molar-refractivity contribution in [1.29, 1.82) is 0 Å². The Labute approximate surface area is 78.9 Å². The molecule has 0 amide bonds. The van der Waals surface area contributed by atoms with E-state index < -0.39 is 0 Å². The fourth-order valence-electron chi connectivity index (χ4n) is 0.896. The van der Waals surface area contributed by atoms with Crippen molar-refractivity contribution in [1.82, 2.24) is 0 Å². The van der Waals surface area contributed by atoms with Gasteiger partial charge in [0.15, 0.2) is 0 Å². The van der Waals surface area contributed by atoms with E-state index in [9.17, 15) is 0 Å². The minimum absolute atomic E-state index is 0. The number of hydrogen-bond acceptors (Lipinski definition) is 0. The van der Waals surface area contributed by atoms with Gasteiger partial charge in [0.05, 0.1) is 0 Å². The molecule has 0 fully saturated rings. The summed E-state index contributed by atoms with van der Waals surface area (Å²) >= 11 is 2.95. The second kappa shape index (κ2) is 6.13.